The smallest absolute Gasteiger partial charge is 0.244 e. The van der Waals surface area contributed by atoms with Gasteiger partial charge in [0.1, 0.15) is 4.90 Å². The minimum Gasteiger partial charge on any atom is -0.356 e. The van der Waals surface area contributed by atoms with E-state index in [-0.39, 0.29) is 40.7 Å². The maximum absolute atomic E-state index is 12.8. The fourth-order valence-corrected chi connectivity index (χ4v) is 5.25. The fourth-order valence-electron chi connectivity index (χ4n) is 3.09. The van der Waals surface area contributed by atoms with Crippen LogP contribution in [0, 0.1) is 5.92 Å². The molecular weight excluding hydrogens is 425 g/mol. The summed E-state index contributed by atoms with van der Waals surface area (Å²) in [5.41, 5.74) is 0. The van der Waals surface area contributed by atoms with E-state index in [0.29, 0.717) is 37.5 Å². The zero-order valence-corrected chi connectivity index (χ0v) is 17.7. The van der Waals surface area contributed by atoms with Crippen LogP contribution in [0.5, 0.6) is 0 Å². The molecule has 1 heterocycles. The summed E-state index contributed by atoms with van der Waals surface area (Å²) in [6, 6.07) is 4.33. The Labute approximate surface area is 175 Å². The lowest BCUT2D eigenvalue weighted by Crippen LogP contribution is -2.50. The molecule has 0 radical (unpaired) electrons. The molecule has 2 fully saturated rings. The Kier molecular flexibility index (Phi) is 6.85. The van der Waals surface area contributed by atoms with Gasteiger partial charge in [0, 0.05) is 50.1 Å². The quantitative estimate of drug-likeness (QED) is 0.648. The van der Waals surface area contributed by atoms with Crippen molar-refractivity contribution in [3.63, 3.8) is 0 Å². The molecule has 10 heteroatoms. The van der Waals surface area contributed by atoms with Crippen molar-refractivity contribution in [3.05, 3.63) is 28.2 Å². The summed E-state index contributed by atoms with van der Waals surface area (Å²) < 4.78 is 26.9. The maximum Gasteiger partial charge on any atom is 0.244 e. The average Bonchev–Trinajstić information content (AvgIpc) is 3.52. The SMILES string of the molecule is O=C(NCCCC(=O)N1CCN(S(=O)(=O)c2cc(Cl)ccc2Cl)CC1)C1CC1. The maximum atomic E-state index is 12.8. The molecule has 1 aromatic carbocycles. The van der Waals surface area contributed by atoms with E-state index in [1.807, 2.05) is 0 Å². The molecule has 0 bridgehead atoms. The predicted octanol–water partition coefficient (Wildman–Crippen LogP) is 2.13. The van der Waals surface area contributed by atoms with Gasteiger partial charge in [0.2, 0.25) is 21.8 Å². The van der Waals surface area contributed by atoms with Gasteiger partial charge in [-0.15, -0.1) is 0 Å². The number of carbonyl (C=O) groups excluding carboxylic acids is 2. The van der Waals surface area contributed by atoms with Crippen molar-refractivity contribution in [2.45, 2.75) is 30.6 Å². The number of hydrogen-bond donors (Lipinski definition) is 1. The Morgan fingerprint density at radius 3 is 2.43 bits per heavy atom. The van der Waals surface area contributed by atoms with Crippen LogP contribution in [0.25, 0.3) is 0 Å². The average molecular weight is 448 g/mol. The van der Waals surface area contributed by atoms with Gasteiger partial charge < -0.3 is 10.2 Å². The minimum absolute atomic E-state index is 0.0205. The Balaban J connectivity index is 1.47. The summed E-state index contributed by atoms with van der Waals surface area (Å²) in [6.45, 7) is 1.54. The molecule has 0 spiro atoms. The highest BCUT2D eigenvalue weighted by atomic mass is 35.5. The first kappa shape index (κ1) is 21.4. The van der Waals surface area contributed by atoms with Crippen LogP contribution in [0.1, 0.15) is 25.7 Å². The number of piperazine rings is 1. The number of halogens is 2. The van der Waals surface area contributed by atoms with Gasteiger partial charge in [-0.2, -0.15) is 4.31 Å². The van der Waals surface area contributed by atoms with E-state index in [0.717, 1.165) is 12.8 Å². The van der Waals surface area contributed by atoms with Gasteiger partial charge in [0.15, 0.2) is 0 Å². The van der Waals surface area contributed by atoms with Gasteiger partial charge in [-0.3, -0.25) is 9.59 Å². The fraction of sp³-hybridized carbons (Fsp3) is 0.556. The number of sulfonamides is 1. The van der Waals surface area contributed by atoms with Crippen LogP contribution in [0.4, 0.5) is 0 Å². The second kappa shape index (κ2) is 8.98. The van der Waals surface area contributed by atoms with Gasteiger partial charge >= 0.3 is 0 Å². The molecule has 0 atom stereocenters. The molecule has 0 aromatic heterocycles. The van der Waals surface area contributed by atoms with Crippen LogP contribution in [-0.4, -0.2) is 62.2 Å². The second-order valence-electron chi connectivity index (χ2n) is 7.03. The second-order valence-corrected chi connectivity index (χ2v) is 9.78. The first-order valence-electron chi connectivity index (χ1n) is 9.30. The third-order valence-electron chi connectivity index (χ3n) is 4.92. The Morgan fingerprint density at radius 2 is 1.79 bits per heavy atom. The van der Waals surface area contributed by atoms with Gasteiger partial charge in [-0.1, -0.05) is 23.2 Å². The number of benzene rings is 1. The summed E-state index contributed by atoms with van der Waals surface area (Å²) in [5, 5.41) is 3.26. The topological polar surface area (TPSA) is 86.8 Å². The van der Waals surface area contributed by atoms with Crippen molar-refractivity contribution in [3.8, 4) is 0 Å². The van der Waals surface area contributed by atoms with Crippen LogP contribution in [0.15, 0.2) is 23.1 Å². The van der Waals surface area contributed by atoms with Crippen molar-refractivity contribution >= 4 is 45.0 Å². The van der Waals surface area contributed by atoms with Crippen molar-refractivity contribution in [1.82, 2.24) is 14.5 Å². The third-order valence-corrected chi connectivity index (χ3v) is 7.53. The van der Waals surface area contributed by atoms with Crippen LogP contribution in [-0.2, 0) is 19.6 Å². The highest BCUT2D eigenvalue weighted by Crippen LogP contribution is 2.29. The summed E-state index contributed by atoms with van der Waals surface area (Å²) in [6.07, 6.45) is 2.82. The van der Waals surface area contributed by atoms with Gasteiger partial charge in [-0.05, 0) is 37.5 Å². The van der Waals surface area contributed by atoms with E-state index >= 15 is 0 Å². The number of nitrogens with one attached hydrogen (secondary N) is 1. The van der Waals surface area contributed by atoms with Gasteiger partial charge in [-0.25, -0.2) is 8.42 Å². The largest absolute Gasteiger partial charge is 0.356 e. The van der Waals surface area contributed by atoms with Crippen molar-refractivity contribution < 1.29 is 18.0 Å². The normalized spacial score (nSPS) is 18.1. The van der Waals surface area contributed by atoms with E-state index < -0.39 is 10.0 Å². The number of nitrogens with zero attached hydrogens (tertiary/aromatic N) is 2. The number of amides is 2. The van der Waals surface area contributed by atoms with E-state index in [2.05, 4.69) is 5.32 Å². The minimum atomic E-state index is -3.77. The number of carbonyl (C=O) groups is 2. The molecule has 1 aliphatic heterocycles. The molecular formula is C18H23Cl2N3O4S. The molecule has 2 aliphatic rings. The van der Waals surface area contributed by atoms with E-state index in [1.54, 1.807) is 4.90 Å². The van der Waals surface area contributed by atoms with Crippen LogP contribution < -0.4 is 5.32 Å². The first-order valence-corrected chi connectivity index (χ1v) is 11.5. The van der Waals surface area contributed by atoms with Crippen LogP contribution >= 0.6 is 23.2 Å². The molecule has 1 aromatic rings. The monoisotopic (exact) mass is 447 g/mol. The number of hydrogen-bond acceptors (Lipinski definition) is 4. The van der Waals surface area contributed by atoms with Crippen molar-refractivity contribution in [2.75, 3.05) is 32.7 Å². The van der Waals surface area contributed by atoms with E-state index in [4.69, 9.17) is 23.2 Å². The molecule has 1 saturated carbocycles. The Hall–Kier alpha value is -1.35. The highest BCUT2D eigenvalue weighted by molar-refractivity contribution is 7.89. The molecule has 1 saturated heterocycles. The lowest BCUT2D eigenvalue weighted by molar-refractivity contribution is -0.132. The predicted molar refractivity (Wildman–Crippen MR) is 107 cm³/mol. The van der Waals surface area contributed by atoms with E-state index in [1.165, 1.54) is 22.5 Å². The Morgan fingerprint density at radius 1 is 1.11 bits per heavy atom. The standard InChI is InChI=1S/C18H23Cl2N3O4S/c19-14-5-6-15(20)16(12-14)28(26,27)23-10-8-22(9-11-23)17(24)2-1-7-21-18(25)13-3-4-13/h5-6,12-13H,1-4,7-11H2,(H,21,25). The molecule has 3 rings (SSSR count). The van der Waals surface area contributed by atoms with Crippen molar-refractivity contribution in [2.24, 2.45) is 5.92 Å². The van der Waals surface area contributed by atoms with E-state index in [9.17, 15) is 18.0 Å². The zero-order valence-electron chi connectivity index (χ0n) is 15.4. The first-order chi connectivity index (χ1) is 13.3. The molecule has 2 amide bonds. The van der Waals surface area contributed by atoms with Crippen LogP contribution in [0.2, 0.25) is 10.0 Å². The van der Waals surface area contributed by atoms with Crippen molar-refractivity contribution in [1.29, 1.82) is 0 Å². The lowest BCUT2D eigenvalue weighted by Gasteiger charge is -2.34. The summed E-state index contributed by atoms with van der Waals surface area (Å²) in [7, 11) is -3.77. The third kappa shape index (κ3) is 5.17. The summed E-state index contributed by atoms with van der Waals surface area (Å²) >= 11 is 11.9. The lowest BCUT2D eigenvalue weighted by atomic mass is 10.2. The highest BCUT2D eigenvalue weighted by Gasteiger charge is 2.32. The molecule has 154 valence electrons. The molecule has 0 unspecified atom stereocenters. The molecule has 28 heavy (non-hydrogen) atoms. The van der Waals surface area contributed by atoms with Gasteiger partial charge in [0.25, 0.3) is 0 Å². The Bertz CT molecular complexity index is 850. The molecule has 7 nitrogen and oxygen atoms in total. The van der Waals surface area contributed by atoms with Crippen LogP contribution in [0.3, 0.4) is 0 Å². The van der Waals surface area contributed by atoms with Gasteiger partial charge in [0.05, 0.1) is 5.02 Å². The molecule has 1 aliphatic carbocycles. The summed E-state index contributed by atoms with van der Waals surface area (Å²) in [4.78, 5) is 25.5. The summed E-state index contributed by atoms with van der Waals surface area (Å²) in [5.74, 6) is 0.211. The zero-order chi connectivity index (χ0) is 20.3. The number of rotatable bonds is 7. The molecule has 1 N–H and O–H groups in total.